The van der Waals surface area contributed by atoms with Crippen LogP contribution in [0.4, 0.5) is 5.69 Å². The molecule has 1 aromatic carbocycles. The molecule has 1 aromatic rings. The molecule has 1 aliphatic rings. The monoisotopic (exact) mass is 269 g/mol. The molecule has 4 heteroatoms. The van der Waals surface area contributed by atoms with Gasteiger partial charge in [-0.05, 0) is 30.2 Å². The van der Waals surface area contributed by atoms with Crippen LogP contribution >= 0.6 is 0 Å². The summed E-state index contributed by atoms with van der Waals surface area (Å²) in [5.74, 6) is 1.91. The Morgan fingerprint density at radius 1 is 1.40 bits per heavy atom. The third-order valence-electron chi connectivity index (χ3n) is 2.99. The van der Waals surface area contributed by atoms with Crippen LogP contribution in [-0.2, 0) is 14.3 Å². The van der Waals surface area contributed by atoms with Crippen LogP contribution in [0.3, 0.4) is 0 Å². The van der Waals surface area contributed by atoms with Crippen molar-refractivity contribution in [3.05, 3.63) is 35.9 Å². The lowest BCUT2D eigenvalue weighted by Gasteiger charge is -2.15. The van der Waals surface area contributed by atoms with E-state index in [-0.39, 0.29) is 12.5 Å². The number of benzene rings is 1. The minimum atomic E-state index is -0.471. The van der Waals surface area contributed by atoms with Gasteiger partial charge in [-0.25, -0.2) is 4.79 Å². The maximum absolute atomic E-state index is 11.6. The molecule has 0 N–H and O–H groups in total. The first-order chi connectivity index (χ1) is 9.70. The molecule has 0 unspecified atom stereocenters. The minimum absolute atomic E-state index is 0.0286. The number of carbonyl (C=O) groups excluding carboxylic acids is 2. The first-order valence-electron chi connectivity index (χ1n) is 6.39. The molecule has 1 heterocycles. The van der Waals surface area contributed by atoms with Gasteiger partial charge >= 0.3 is 5.97 Å². The van der Waals surface area contributed by atoms with Gasteiger partial charge in [0.2, 0.25) is 5.91 Å². The predicted octanol–water partition coefficient (Wildman–Crippen LogP) is 2.00. The lowest BCUT2D eigenvalue weighted by molar-refractivity contribution is -0.136. The molecule has 0 bridgehead atoms. The van der Waals surface area contributed by atoms with E-state index in [1.807, 2.05) is 24.3 Å². The van der Waals surface area contributed by atoms with Crippen molar-refractivity contribution in [1.82, 2.24) is 0 Å². The second kappa shape index (κ2) is 6.58. The van der Waals surface area contributed by atoms with Gasteiger partial charge < -0.3 is 9.64 Å². The molecule has 2 rings (SSSR count). The van der Waals surface area contributed by atoms with Gasteiger partial charge in [0.05, 0.1) is 0 Å². The van der Waals surface area contributed by atoms with Crippen molar-refractivity contribution in [2.75, 3.05) is 18.1 Å². The Kier molecular flexibility index (Phi) is 4.56. The van der Waals surface area contributed by atoms with Gasteiger partial charge in [0.25, 0.3) is 0 Å². The van der Waals surface area contributed by atoms with Crippen molar-refractivity contribution in [1.29, 1.82) is 0 Å². The predicted molar refractivity (Wildman–Crippen MR) is 76.9 cm³/mol. The largest absolute Gasteiger partial charge is 0.449 e. The summed E-state index contributed by atoms with van der Waals surface area (Å²) in [6.07, 6.45) is 9.48. The number of nitrogens with zero attached hydrogens (tertiary/aromatic N) is 1. The van der Waals surface area contributed by atoms with Gasteiger partial charge in [-0.2, -0.15) is 0 Å². The van der Waals surface area contributed by atoms with E-state index in [4.69, 9.17) is 11.2 Å². The van der Waals surface area contributed by atoms with Crippen LogP contribution in [0.25, 0.3) is 6.08 Å². The number of esters is 1. The molecule has 0 atom stereocenters. The lowest BCUT2D eigenvalue weighted by atomic mass is 10.2. The molecule has 0 spiro atoms. The van der Waals surface area contributed by atoms with Crippen molar-refractivity contribution in [2.45, 2.75) is 12.8 Å². The van der Waals surface area contributed by atoms with Gasteiger partial charge in [0.15, 0.2) is 6.61 Å². The lowest BCUT2D eigenvalue weighted by Crippen LogP contribution is -2.23. The Labute approximate surface area is 118 Å². The molecule has 1 saturated heterocycles. The molecule has 0 aromatic heterocycles. The first-order valence-corrected chi connectivity index (χ1v) is 6.39. The SMILES string of the molecule is C#CCOC(=O)/C=C/c1ccc(N2CCCC2=O)cc1. The highest BCUT2D eigenvalue weighted by Crippen LogP contribution is 2.21. The smallest absolute Gasteiger partial charge is 0.331 e. The Balaban J connectivity index is 1.98. The van der Waals surface area contributed by atoms with Gasteiger partial charge in [0, 0.05) is 24.7 Å². The van der Waals surface area contributed by atoms with Crippen LogP contribution < -0.4 is 4.90 Å². The zero-order valence-corrected chi connectivity index (χ0v) is 11.0. The third kappa shape index (κ3) is 3.48. The summed E-state index contributed by atoms with van der Waals surface area (Å²) in [4.78, 5) is 24.6. The highest BCUT2D eigenvalue weighted by molar-refractivity contribution is 5.95. The van der Waals surface area contributed by atoms with E-state index in [1.54, 1.807) is 11.0 Å². The molecular weight excluding hydrogens is 254 g/mol. The number of carbonyl (C=O) groups is 2. The van der Waals surface area contributed by atoms with Crippen molar-refractivity contribution >= 4 is 23.6 Å². The van der Waals surface area contributed by atoms with Gasteiger partial charge in [0.1, 0.15) is 0 Å². The summed E-state index contributed by atoms with van der Waals surface area (Å²) in [7, 11) is 0. The van der Waals surface area contributed by atoms with Crippen LogP contribution in [0.15, 0.2) is 30.3 Å². The van der Waals surface area contributed by atoms with E-state index < -0.39 is 5.97 Å². The number of anilines is 1. The zero-order valence-electron chi connectivity index (χ0n) is 11.0. The molecule has 0 saturated carbocycles. The van der Waals surface area contributed by atoms with Crippen LogP contribution in [0.5, 0.6) is 0 Å². The third-order valence-corrected chi connectivity index (χ3v) is 2.99. The summed E-state index contributed by atoms with van der Waals surface area (Å²) in [5, 5.41) is 0. The van der Waals surface area contributed by atoms with E-state index in [2.05, 4.69) is 5.92 Å². The fraction of sp³-hybridized carbons (Fsp3) is 0.250. The number of rotatable bonds is 4. The molecule has 102 valence electrons. The number of amides is 1. The second-order valence-electron chi connectivity index (χ2n) is 4.39. The number of ether oxygens (including phenoxy) is 1. The van der Waals surface area contributed by atoms with E-state index in [9.17, 15) is 9.59 Å². The Morgan fingerprint density at radius 3 is 2.75 bits per heavy atom. The van der Waals surface area contributed by atoms with Crippen LogP contribution in [0.1, 0.15) is 18.4 Å². The van der Waals surface area contributed by atoms with Gasteiger partial charge in [-0.1, -0.05) is 18.1 Å². The fourth-order valence-corrected chi connectivity index (χ4v) is 2.01. The summed E-state index contributed by atoms with van der Waals surface area (Å²) < 4.78 is 4.72. The molecule has 4 nitrogen and oxygen atoms in total. The molecule has 1 amide bonds. The second-order valence-corrected chi connectivity index (χ2v) is 4.39. The van der Waals surface area contributed by atoms with Gasteiger partial charge in [-0.3, -0.25) is 4.79 Å². The fourth-order valence-electron chi connectivity index (χ4n) is 2.01. The number of hydrogen-bond donors (Lipinski definition) is 0. The summed E-state index contributed by atoms with van der Waals surface area (Å²) in [6.45, 7) is 0.742. The highest BCUT2D eigenvalue weighted by Gasteiger charge is 2.21. The summed E-state index contributed by atoms with van der Waals surface area (Å²) >= 11 is 0. The first kappa shape index (κ1) is 13.9. The average Bonchev–Trinajstić information content (AvgIpc) is 2.89. The van der Waals surface area contributed by atoms with Crippen molar-refractivity contribution in [3.63, 3.8) is 0 Å². The molecule has 1 fully saturated rings. The van der Waals surface area contributed by atoms with E-state index in [0.717, 1.165) is 24.2 Å². The molecule has 1 aliphatic heterocycles. The topological polar surface area (TPSA) is 46.6 Å². The number of terminal acetylenes is 1. The van der Waals surface area contributed by atoms with Crippen LogP contribution in [0.2, 0.25) is 0 Å². The standard InChI is InChI=1S/C16H15NO3/c1-2-12-20-16(19)10-7-13-5-8-14(9-6-13)17-11-3-4-15(17)18/h1,5-10H,3-4,11-12H2/b10-7+. The van der Waals surface area contributed by atoms with Crippen LogP contribution in [0, 0.1) is 12.3 Å². The molecule has 20 heavy (non-hydrogen) atoms. The number of hydrogen-bond acceptors (Lipinski definition) is 3. The van der Waals surface area contributed by atoms with Crippen molar-refractivity contribution in [3.8, 4) is 12.3 Å². The molecule has 0 radical (unpaired) electrons. The van der Waals surface area contributed by atoms with E-state index in [0.29, 0.717) is 6.42 Å². The Bertz CT molecular complexity index is 566. The zero-order chi connectivity index (χ0) is 14.4. The normalized spacial score (nSPS) is 14.6. The molecular formula is C16H15NO3. The maximum Gasteiger partial charge on any atom is 0.331 e. The van der Waals surface area contributed by atoms with E-state index in [1.165, 1.54) is 6.08 Å². The quantitative estimate of drug-likeness (QED) is 0.477. The Morgan fingerprint density at radius 2 is 2.15 bits per heavy atom. The maximum atomic E-state index is 11.6. The Hall–Kier alpha value is -2.54. The summed E-state index contributed by atoms with van der Waals surface area (Å²) in [5.41, 5.74) is 1.75. The molecule has 0 aliphatic carbocycles. The highest BCUT2D eigenvalue weighted by atomic mass is 16.5. The van der Waals surface area contributed by atoms with Crippen LogP contribution in [-0.4, -0.2) is 25.0 Å². The average molecular weight is 269 g/mol. The summed E-state index contributed by atoms with van der Waals surface area (Å²) in [6, 6.07) is 7.45. The van der Waals surface area contributed by atoms with Crippen molar-refractivity contribution in [2.24, 2.45) is 0 Å². The van der Waals surface area contributed by atoms with Crippen molar-refractivity contribution < 1.29 is 14.3 Å². The minimum Gasteiger partial charge on any atom is -0.449 e. The van der Waals surface area contributed by atoms with Gasteiger partial charge in [-0.15, -0.1) is 6.42 Å². The van der Waals surface area contributed by atoms with E-state index >= 15 is 0 Å².